The highest BCUT2D eigenvalue weighted by Gasteiger charge is 2.04. The number of benzene rings is 1. The third-order valence-corrected chi connectivity index (χ3v) is 2.70. The summed E-state index contributed by atoms with van der Waals surface area (Å²) in [4.78, 5) is 27.0. The summed E-state index contributed by atoms with van der Waals surface area (Å²) in [5.41, 5.74) is 2.74. The van der Waals surface area contributed by atoms with Gasteiger partial charge in [0.05, 0.1) is 0 Å². The van der Waals surface area contributed by atoms with Gasteiger partial charge in [-0.15, -0.1) is 0 Å². The molecule has 0 saturated carbocycles. The Kier molecular flexibility index (Phi) is 4.10. The minimum Gasteiger partial charge on any atom is -0.308 e. The van der Waals surface area contributed by atoms with Gasteiger partial charge in [0, 0.05) is 28.8 Å². The second kappa shape index (κ2) is 5.97. The summed E-state index contributed by atoms with van der Waals surface area (Å²) in [6, 6.07) is 9.88. The summed E-state index contributed by atoms with van der Waals surface area (Å²) in [7, 11) is 0. The first kappa shape index (κ1) is 13.7. The van der Waals surface area contributed by atoms with Crippen molar-refractivity contribution in [2.45, 2.75) is 13.8 Å². The number of nitrogens with zero attached hydrogens (tertiary/aromatic N) is 1. The van der Waals surface area contributed by atoms with Gasteiger partial charge in [0.15, 0.2) is 5.78 Å². The van der Waals surface area contributed by atoms with Gasteiger partial charge in [-0.05, 0) is 50.2 Å². The molecule has 102 valence electrons. The van der Waals surface area contributed by atoms with E-state index in [1.165, 1.54) is 6.92 Å². The van der Waals surface area contributed by atoms with Gasteiger partial charge < -0.3 is 10.6 Å². The Labute approximate surface area is 117 Å². The third-order valence-electron chi connectivity index (χ3n) is 2.70. The number of anilines is 2. The van der Waals surface area contributed by atoms with Crippen LogP contribution in [0.3, 0.4) is 0 Å². The number of aryl methyl sites for hydroxylation is 1. The van der Waals surface area contributed by atoms with Gasteiger partial charge >= 0.3 is 6.03 Å². The molecule has 0 bridgehead atoms. The fourth-order valence-corrected chi connectivity index (χ4v) is 1.71. The fraction of sp³-hybridized carbons (Fsp3) is 0.133. The molecule has 20 heavy (non-hydrogen) atoms. The molecular formula is C15H15N3O2. The molecule has 0 aliphatic rings. The van der Waals surface area contributed by atoms with E-state index in [2.05, 4.69) is 15.6 Å². The van der Waals surface area contributed by atoms with Crippen molar-refractivity contribution < 1.29 is 9.59 Å². The van der Waals surface area contributed by atoms with Crippen LogP contribution in [0.1, 0.15) is 23.0 Å². The van der Waals surface area contributed by atoms with Crippen molar-refractivity contribution in [3.8, 4) is 0 Å². The number of carbonyl (C=O) groups excluding carboxylic acids is 2. The lowest BCUT2D eigenvalue weighted by Crippen LogP contribution is -2.19. The molecule has 1 aromatic carbocycles. The van der Waals surface area contributed by atoms with Crippen LogP contribution in [-0.2, 0) is 0 Å². The molecule has 2 amide bonds. The van der Waals surface area contributed by atoms with Gasteiger partial charge in [0.1, 0.15) is 0 Å². The van der Waals surface area contributed by atoms with Gasteiger partial charge in [-0.25, -0.2) is 4.79 Å². The molecule has 0 atom stereocenters. The van der Waals surface area contributed by atoms with Crippen LogP contribution >= 0.6 is 0 Å². The van der Waals surface area contributed by atoms with Crippen molar-refractivity contribution >= 4 is 23.2 Å². The van der Waals surface area contributed by atoms with Crippen molar-refractivity contribution in [3.63, 3.8) is 0 Å². The van der Waals surface area contributed by atoms with Crippen LogP contribution < -0.4 is 10.6 Å². The zero-order valence-corrected chi connectivity index (χ0v) is 11.3. The molecule has 0 spiro atoms. The number of rotatable bonds is 3. The second-order valence-electron chi connectivity index (χ2n) is 4.40. The van der Waals surface area contributed by atoms with Gasteiger partial charge in [-0.3, -0.25) is 9.78 Å². The highest BCUT2D eigenvalue weighted by molar-refractivity contribution is 6.00. The van der Waals surface area contributed by atoms with Crippen molar-refractivity contribution in [3.05, 3.63) is 53.9 Å². The Balaban J connectivity index is 1.99. The molecule has 0 aliphatic heterocycles. The second-order valence-corrected chi connectivity index (χ2v) is 4.40. The van der Waals surface area contributed by atoms with Crippen LogP contribution in [0, 0.1) is 6.92 Å². The first-order valence-electron chi connectivity index (χ1n) is 6.16. The summed E-state index contributed by atoms with van der Waals surface area (Å²) in [5, 5.41) is 5.41. The largest absolute Gasteiger partial charge is 0.323 e. The molecule has 5 heteroatoms. The highest BCUT2D eigenvalue weighted by Crippen LogP contribution is 2.12. The topological polar surface area (TPSA) is 71.1 Å². The van der Waals surface area contributed by atoms with Crippen molar-refractivity contribution in [2.24, 2.45) is 0 Å². The number of amides is 2. The monoisotopic (exact) mass is 269 g/mol. The summed E-state index contributed by atoms with van der Waals surface area (Å²) in [5.74, 6) is -0.00624. The van der Waals surface area contributed by atoms with Gasteiger partial charge in [-0.2, -0.15) is 0 Å². The summed E-state index contributed by atoms with van der Waals surface area (Å²) in [6.45, 7) is 3.35. The Bertz CT molecular complexity index is 636. The molecule has 0 fully saturated rings. The molecule has 0 aliphatic carbocycles. The quantitative estimate of drug-likeness (QED) is 0.840. The van der Waals surface area contributed by atoms with Crippen LogP contribution in [0.2, 0.25) is 0 Å². The van der Waals surface area contributed by atoms with Crippen LogP contribution in [0.25, 0.3) is 0 Å². The summed E-state index contributed by atoms with van der Waals surface area (Å²) < 4.78 is 0. The van der Waals surface area contributed by atoms with Gasteiger partial charge in [-0.1, -0.05) is 0 Å². The molecule has 1 aromatic heterocycles. The van der Waals surface area contributed by atoms with E-state index in [0.717, 1.165) is 5.69 Å². The number of carbonyl (C=O) groups is 2. The lowest BCUT2D eigenvalue weighted by atomic mass is 10.1. The lowest BCUT2D eigenvalue weighted by molar-refractivity contribution is 0.101. The number of hydrogen-bond donors (Lipinski definition) is 2. The maximum absolute atomic E-state index is 11.8. The minimum absolute atomic E-state index is 0.00624. The molecule has 0 unspecified atom stereocenters. The standard InChI is InChI=1S/C15H15N3O2/c1-10-9-14(7-8-16-10)18-15(20)17-13-5-3-12(4-6-13)11(2)19/h3-9H,1-2H3,(H2,16,17,18,20). The molecule has 0 radical (unpaired) electrons. The average Bonchev–Trinajstić information content (AvgIpc) is 2.39. The smallest absolute Gasteiger partial charge is 0.308 e. The molecule has 2 N–H and O–H groups in total. The molecule has 2 aromatic rings. The van der Waals surface area contributed by atoms with Crippen molar-refractivity contribution in [1.82, 2.24) is 4.98 Å². The van der Waals surface area contributed by atoms with Gasteiger partial charge in [0.2, 0.25) is 0 Å². The SMILES string of the molecule is CC(=O)c1ccc(NC(=O)Nc2ccnc(C)c2)cc1. The number of hydrogen-bond acceptors (Lipinski definition) is 3. The predicted octanol–water partition coefficient (Wildman–Crippen LogP) is 3.24. The fourth-order valence-electron chi connectivity index (χ4n) is 1.71. The van der Waals surface area contributed by atoms with E-state index >= 15 is 0 Å². The van der Waals surface area contributed by atoms with Crippen LogP contribution in [0.15, 0.2) is 42.6 Å². The zero-order valence-electron chi connectivity index (χ0n) is 11.3. The van der Waals surface area contributed by atoms with E-state index in [9.17, 15) is 9.59 Å². The van der Waals surface area contributed by atoms with Crippen LogP contribution in [-0.4, -0.2) is 16.8 Å². The zero-order chi connectivity index (χ0) is 14.5. The van der Waals surface area contributed by atoms with E-state index < -0.39 is 0 Å². The summed E-state index contributed by atoms with van der Waals surface area (Å²) >= 11 is 0. The number of Topliss-reactive ketones (excluding diaryl/α,β-unsaturated/α-hetero) is 1. The van der Waals surface area contributed by atoms with E-state index in [-0.39, 0.29) is 11.8 Å². The van der Waals surface area contributed by atoms with Crippen molar-refractivity contribution in [2.75, 3.05) is 10.6 Å². The van der Waals surface area contributed by atoms with Crippen LogP contribution in [0.4, 0.5) is 16.2 Å². The third kappa shape index (κ3) is 3.65. The highest BCUT2D eigenvalue weighted by atomic mass is 16.2. The Hall–Kier alpha value is -2.69. The maximum atomic E-state index is 11.8. The first-order valence-corrected chi connectivity index (χ1v) is 6.16. The van der Waals surface area contributed by atoms with E-state index in [1.807, 2.05) is 6.92 Å². The number of nitrogens with one attached hydrogen (secondary N) is 2. The lowest BCUT2D eigenvalue weighted by Gasteiger charge is -2.08. The predicted molar refractivity (Wildman–Crippen MR) is 78.1 cm³/mol. The molecule has 5 nitrogen and oxygen atoms in total. The van der Waals surface area contributed by atoms with E-state index in [1.54, 1.807) is 42.6 Å². The Morgan fingerprint density at radius 2 is 1.65 bits per heavy atom. The molecular weight excluding hydrogens is 254 g/mol. The molecule has 2 rings (SSSR count). The number of urea groups is 1. The van der Waals surface area contributed by atoms with Crippen LogP contribution in [0.5, 0.6) is 0 Å². The van der Waals surface area contributed by atoms with Gasteiger partial charge in [0.25, 0.3) is 0 Å². The summed E-state index contributed by atoms with van der Waals surface area (Å²) in [6.07, 6.45) is 1.63. The van der Waals surface area contributed by atoms with E-state index in [0.29, 0.717) is 16.9 Å². The Morgan fingerprint density at radius 3 is 2.25 bits per heavy atom. The van der Waals surface area contributed by atoms with E-state index in [4.69, 9.17) is 0 Å². The normalized spacial score (nSPS) is 9.90. The first-order chi connectivity index (χ1) is 9.54. The number of ketones is 1. The average molecular weight is 269 g/mol. The minimum atomic E-state index is -0.342. The number of pyridine rings is 1. The Morgan fingerprint density at radius 1 is 1.00 bits per heavy atom. The van der Waals surface area contributed by atoms with Crippen molar-refractivity contribution in [1.29, 1.82) is 0 Å². The molecule has 0 saturated heterocycles. The molecule has 1 heterocycles. The number of aromatic nitrogens is 1. The maximum Gasteiger partial charge on any atom is 0.323 e.